The van der Waals surface area contributed by atoms with Crippen molar-refractivity contribution >= 4 is 0 Å². The Morgan fingerprint density at radius 1 is 1.00 bits per heavy atom. The summed E-state index contributed by atoms with van der Waals surface area (Å²) in [5.41, 5.74) is 4.20. The van der Waals surface area contributed by atoms with E-state index >= 15 is 0 Å². The van der Waals surface area contributed by atoms with Crippen molar-refractivity contribution in [3.05, 3.63) is 71.3 Å². The van der Waals surface area contributed by atoms with Crippen molar-refractivity contribution in [3.8, 4) is 0 Å². The predicted octanol–water partition coefficient (Wildman–Crippen LogP) is 4.32. The Balaban J connectivity index is 2.10. The first-order valence-electron chi connectivity index (χ1n) is 7.60. The molecular formula is C19H25N. The Hall–Kier alpha value is -1.60. The number of hydrogen-bond acceptors (Lipinski definition) is 1. The van der Waals surface area contributed by atoms with E-state index in [2.05, 4.69) is 73.8 Å². The highest BCUT2D eigenvalue weighted by molar-refractivity contribution is 5.27. The zero-order valence-electron chi connectivity index (χ0n) is 12.6. The van der Waals surface area contributed by atoms with E-state index in [9.17, 15) is 0 Å². The lowest BCUT2D eigenvalue weighted by molar-refractivity contribution is 0.576. The van der Waals surface area contributed by atoms with E-state index in [-0.39, 0.29) is 0 Å². The van der Waals surface area contributed by atoms with E-state index < -0.39 is 0 Å². The molecular weight excluding hydrogens is 242 g/mol. The first kappa shape index (κ1) is 14.8. The third-order valence-electron chi connectivity index (χ3n) is 3.65. The van der Waals surface area contributed by atoms with Crippen LogP contribution < -0.4 is 5.32 Å². The highest BCUT2D eigenvalue weighted by Gasteiger charge is 2.11. The van der Waals surface area contributed by atoms with Crippen LogP contribution in [-0.4, -0.2) is 13.1 Å². The van der Waals surface area contributed by atoms with E-state index in [4.69, 9.17) is 0 Å². The smallest absolute Gasteiger partial charge is 0.00233 e. The average molecular weight is 267 g/mol. The van der Waals surface area contributed by atoms with E-state index in [1.807, 2.05) is 0 Å². The molecule has 0 amide bonds. The van der Waals surface area contributed by atoms with Crippen LogP contribution in [0.3, 0.4) is 0 Å². The van der Waals surface area contributed by atoms with Crippen LogP contribution in [0, 0.1) is 6.92 Å². The molecule has 0 radical (unpaired) electrons. The fourth-order valence-corrected chi connectivity index (χ4v) is 2.61. The van der Waals surface area contributed by atoms with Gasteiger partial charge in [0.2, 0.25) is 0 Å². The molecule has 0 aromatic heterocycles. The van der Waals surface area contributed by atoms with Gasteiger partial charge < -0.3 is 5.32 Å². The lowest BCUT2D eigenvalue weighted by atomic mass is 9.91. The first-order chi connectivity index (χ1) is 9.79. The SMILES string of the molecule is CCCNCC(Cc1cccc(C)c1)c1ccccc1. The zero-order valence-corrected chi connectivity index (χ0v) is 12.6. The van der Waals surface area contributed by atoms with Gasteiger partial charge in [-0.2, -0.15) is 0 Å². The molecule has 2 rings (SSSR count). The molecule has 0 aliphatic rings. The molecule has 1 unspecified atom stereocenters. The minimum Gasteiger partial charge on any atom is -0.316 e. The van der Waals surface area contributed by atoms with Crippen LogP contribution >= 0.6 is 0 Å². The second-order valence-electron chi connectivity index (χ2n) is 5.50. The van der Waals surface area contributed by atoms with Gasteiger partial charge in [0.1, 0.15) is 0 Å². The molecule has 1 atom stereocenters. The molecule has 0 bridgehead atoms. The van der Waals surface area contributed by atoms with E-state index in [0.717, 1.165) is 19.5 Å². The summed E-state index contributed by atoms with van der Waals surface area (Å²) >= 11 is 0. The van der Waals surface area contributed by atoms with Gasteiger partial charge in [-0.3, -0.25) is 0 Å². The maximum Gasteiger partial charge on any atom is 0.00233 e. The lowest BCUT2D eigenvalue weighted by Gasteiger charge is -2.18. The van der Waals surface area contributed by atoms with Gasteiger partial charge in [0.25, 0.3) is 0 Å². The Bertz CT molecular complexity index is 504. The summed E-state index contributed by atoms with van der Waals surface area (Å²) in [7, 11) is 0. The molecule has 0 fully saturated rings. The van der Waals surface area contributed by atoms with Crippen molar-refractivity contribution in [2.45, 2.75) is 32.6 Å². The fraction of sp³-hybridized carbons (Fsp3) is 0.368. The van der Waals surface area contributed by atoms with Gasteiger partial charge in [-0.05, 0) is 37.4 Å². The third kappa shape index (κ3) is 4.50. The number of benzene rings is 2. The maximum absolute atomic E-state index is 3.57. The van der Waals surface area contributed by atoms with Gasteiger partial charge in [0.05, 0.1) is 0 Å². The summed E-state index contributed by atoms with van der Waals surface area (Å²) in [5, 5.41) is 3.57. The van der Waals surface area contributed by atoms with Crippen LogP contribution in [0.1, 0.15) is 36.0 Å². The number of aryl methyl sites for hydroxylation is 1. The maximum atomic E-state index is 3.57. The first-order valence-corrected chi connectivity index (χ1v) is 7.60. The van der Waals surface area contributed by atoms with Crippen LogP contribution in [0.15, 0.2) is 54.6 Å². The normalized spacial score (nSPS) is 12.3. The second-order valence-corrected chi connectivity index (χ2v) is 5.50. The standard InChI is InChI=1S/C19H25N/c1-3-12-20-15-19(18-10-5-4-6-11-18)14-17-9-7-8-16(2)13-17/h4-11,13,19-20H,3,12,14-15H2,1-2H3. The van der Waals surface area contributed by atoms with Crippen molar-refractivity contribution < 1.29 is 0 Å². The Labute approximate surface area is 123 Å². The molecule has 0 aliphatic carbocycles. The molecule has 1 nitrogen and oxygen atoms in total. The molecule has 1 N–H and O–H groups in total. The largest absolute Gasteiger partial charge is 0.316 e. The third-order valence-corrected chi connectivity index (χ3v) is 3.65. The van der Waals surface area contributed by atoms with E-state index in [1.165, 1.54) is 23.1 Å². The van der Waals surface area contributed by atoms with Crippen molar-refractivity contribution in [2.24, 2.45) is 0 Å². The summed E-state index contributed by atoms with van der Waals surface area (Å²) in [6, 6.07) is 19.7. The van der Waals surface area contributed by atoms with Crippen molar-refractivity contribution in [1.82, 2.24) is 5.32 Å². The topological polar surface area (TPSA) is 12.0 Å². The molecule has 0 spiro atoms. The van der Waals surface area contributed by atoms with Gasteiger partial charge in [-0.1, -0.05) is 67.1 Å². The van der Waals surface area contributed by atoms with Gasteiger partial charge in [-0.25, -0.2) is 0 Å². The van der Waals surface area contributed by atoms with Crippen LogP contribution in [-0.2, 0) is 6.42 Å². The van der Waals surface area contributed by atoms with E-state index in [1.54, 1.807) is 0 Å². The number of nitrogens with one attached hydrogen (secondary N) is 1. The number of hydrogen-bond donors (Lipinski definition) is 1. The van der Waals surface area contributed by atoms with Crippen molar-refractivity contribution in [3.63, 3.8) is 0 Å². The minimum absolute atomic E-state index is 0.546. The molecule has 2 aromatic carbocycles. The van der Waals surface area contributed by atoms with Crippen molar-refractivity contribution in [2.75, 3.05) is 13.1 Å². The monoisotopic (exact) mass is 267 g/mol. The molecule has 0 saturated heterocycles. The highest BCUT2D eigenvalue weighted by Crippen LogP contribution is 2.20. The molecule has 2 aromatic rings. The molecule has 0 heterocycles. The summed E-state index contributed by atoms with van der Waals surface area (Å²) < 4.78 is 0. The summed E-state index contributed by atoms with van der Waals surface area (Å²) in [4.78, 5) is 0. The Morgan fingerprint density at radius 2 is 1.80 bits per heavy atom. The average Bonchev–Trinajstić information content (AvgIpc) is 2.47. The van der Waals surface area contributed by atoms with Crippen molar-refractivity contribution in [1.29, 1.82) is 0 Å². The van der Waals surface area contributed by atoms with Crippen LogP contribution in [0.5, 0.6) is 0 Å². The predicted molar refractivity (Wildman–Crippen MR) is 87.2 cm³/mol. The molecule has 0 aliphatic heterocycles. The van der Waals surface area contributed by atoms with Gasteiger partial charge in [-0.15, -0.1) is 0 Å². The Kier molecular flexibility index (Phi) is 5.82. The second kappa shape index (κ2) is 7.86. The highest BCUT2D eigenvalue weighted by atomic mass is 14.8. The van der Waals surface area contributed by atoms with Crippen LogP contribution in [0.4, 0.5) is 0 Å². The van der Waals surface area contributed by atoms with Gasteiger partial charge in [0.15, 0.2) is 0 Å². The quantitative estimate of drug-likeness (QED) is 0.737. The van der Waals surface area contributed by atoms with Gasteiger partial charge in [0, 0.05) is 12.5 Å². The van der Waals surface area contributed by atoms with Gasteiger partial charge >= 0.3 is 0 Å². The number of rotatable bonds is 7. The zero-order chi connectivity index (χ0) is 14.2. The lowest BCUT2D eigenvalue weighted by Crippen LogP contribution is -2.23. The molecule has 106 valence electrons. The minimum atomic E-state index is 0.546. The summed E-state index contributed by atoms with van der Waals surface area (Å²) in [6.45, 7) is 6.52. The summed E-state index contributed by atoms with van der Waals surface area (Å²) in [5.74, 6) is 0.546. The van der Waals surface area contributed by atoms with E-state index in [0.29, 0.717) is 5.92 Å². The Morgan fingerprint density at radius 3 is 2.50 bits per heavy atom. The van der Waals surface area contributed by atoms with Crippen LogP contribution in [0.2, 0.25) is 0 Å². The molecule has 1 heteroatoms. The van der Waals surface area contributed by atoms with Crippen LogP contribution in [0.25, 0.3) is 0 Å². The summed E-state index contributed by atoms with van der Waals surface area (Å²) in [6.07, 6.45) is 2.29. The molecule has 0 saturated carbocycles. The fourth-order valence-electron chi connectivity index (χ4n) is 2.61. The molecule has 20 heavy (non-hydrogen) atoms.